The second kappa shape index (κ2) is 5.73. The van der Waals surface area contributed by atoms with Crippen LogP contribution in [0.1, 0.15) is 39.5 Å². The Bertz CT molecular complexity index is 229. The molecule has 15 heavy (non-hydrogen) atoms. The fourth-order valence-corrected chi connectivity index (χ4v) is 1.58. The highest BCUT2D eigenvalue weighted by Crippen LogP contribution is 2.06. The van der Waals surface area contributed by atoms with Crippen molar-refractivity contribution < 1.29 is 9.59 Å². The average Bonchev–Trinajstić information content (AvgIpc) is 2.19. The number of hydrogen-bond acceptors (Lipinski definition) is 2. The van der Waals surface area contributed by atoms with Crippen LogP contribution in [0, 0.1) is 5.92 Å². The van der Waals surface area contributed by atoms with Gasteiger partial charge in [-0.1, -0.05) is 13.8 Å². The molecule has 4 heteroatoms. The maximum Gasteiger partial charge on any atom is 0.220 e. The molecule has 0 aliphatic carbocycles. The maximum atomic E-state index is 11.5. The Hall–Kier alpha value is -1.06. The van der Waals surface area contributed by atoms with E-state index in [9.17, 15) is 9.59 Å². The summed E-state index contributed by atoms with van der Waals surface area (Å²) in [5.74, 6) is 0.745. The van der Waals surface area contributed by atoms with Crippen LogP contribution in [-0.4, -0.2) is 24.4 Å². The summed E-state index contributed by atoms with van der Waals surface area (Å²) >= 11 is 0. The summed E-state index contributed by atoms with van der Waals surface area (Å²) in [7, 11) is 0. The van der Waals surface area contributed by atoms with Crippen molar-refractivity contribution >= 4 is 11.8 Å². The fourth-order valence-electron chi connectivity index (χ4n) is 1.58. The summed E-state index contributed by atoms with van der Waals surface area (Å²) in [4.78, 5) is 22.4. The minimum absolute atomic E-state index is 0.0858. The fraction of sp³-hybridized carbons (Fsp3) is 0.818. The van der Waals surface area contributed by atoms with E-state index in [0.717, 1.165) is 12.8 Å². The van der Waals surface area contributed by atoms with Crippen LogP contribution in [0.15, 0.2) is 0 Å². The van der Waals surface area contributed by atoms with Crippen molar-refractivity contribution in [2.75, 3.05) is 6.54 Å². The van der Waals surface area contributed by atoms with Crippen molar-refractivity contribution in [3.63, 3.8) is 0 Å². The van der Waals surface area contributed by atoms with Crippen molar-refractivity contribution in [2.45, 2.75) is 45.6 Å². The van der Waals surface area contributed by atoms with E-state index in [0.29, 0.717) is 25.3 Å². The first-order valence-corrected chi connectivity index (χ1v) is 5.64. The molecule has 1 atom stereocenters. The SMILES string of the molecule is CC(C)CCC(=O)NC1CCC(=O)NC1. The van der Waals surface area contributed by atoms with Gasteiger partial charge in [0.1, 0.15) is 0 Å². The lowest BCUT2D eigenvalue weighted by molar-refractivity contribution is -0.125. The van der Waals surface area contributed by atoms with Gasteiger partial charge in [-0.3, -0.25) is 9.59 Å². The predicted molar refractivity (Wildman–Crippen MR) is 58.2 cm³/mol. The van der Waals surface area contributed by atoms with Crippen LogP contribution < -0.4 is 10.6 Å². The van der Waals surface area contributed by atoms with Gasteiger partial charge in [-0.05, 0) is 18.8 Å². The molecule has 0 bridgehead atoms. The van der Waals surface area contributed by atoms with Crippen molar-refractivity contribution in [3.8, 4) is 0 Å². The average molecular weight is 212 g/mol. The first kappa shape index (κ1) is 12.0. The largest absolute Gasteiger partial charge is 0.354 e. The van der Waals surface area contributed by atoms with Crippen LogP contribution in [0.4, 0.5) is 0 Å². The number of amides is 2. The molecule has 0 aromatic rings. The van der Waals surface area contributed by atoms with Crippen LogP contribution in [0.3, 0.4) is 0 Å². The summed E-state index contributed by atoms with van der Waals surface area (Å²) in [5.41, 5.74) is 0. The molecule has 2 amide bonds. The molecule has 0 radical (unpaired) electrons. The molecule has 1 aliphatic heterocycles. The molecule has 4 nitrogen and oxygen atoms in total. The monoisotopic (exact) mass is 212 g/mol. The molecule has 86 valence electrons. The summed E-state index contributed by atoms with van der Waals surface area (Å²) in [6, 6.07) is 0.127. The van der Waals surface area contributed by atoms with Gasteiger partial charge in [0.05, 0.1) is 0 Å². The Labute approximate surface area is 90.8 Å². The van der Waals surface area contributed by atoms with Crippen LogP contribution >= 0.6 is 0 Å². The predicted octanol–water partition coefficient (Wildman–Crippen LogP) is 0.817. The van der Waals surface area contributed by atoms with Crippen molar-refractivity contribution in [1.29, 1.82) is 0 Å². The van der Waals surface area contributed by atoms with E-state index in [-0.39, 0.29) is 17.9 Å². The Balaban J connectivity index is 2.17. The highest BCUT2D eigenvalue weighted by atomic mass is 16.2. The van der Waals surface area contributed by atoms with Gasteiger partial charge in [0.2, 0.25) is 11.8 Å². The molecule has 1 heterocycles. The quantitative estimate of drug-likeness (QED) is 0.724. The number of carbonyl (C=O) groups excluding carboxylic acids is 2. The zero-order chi connectivity index (χ0) is 11.3. The second-order valence-electron chi connectivity index (χ2n) is 4.54. The van der Waals surface area contributed by atoms with E-state index >= 15 is 0 Å². The molecule has 0 aromatic carbocycles. The molecule has 1 aliphatic rings. The minimum Gasteiger partial charge on any atom is -0.354 e. The Morgan fingerprint density at radius 1 is 1.60 bits per heavy atom. The standard InChI is InChI=1S/C11H20N2O2/c1-8(2)3-5-11(15)13-9-4-6-10(14)12-7-9/h8-9H,3-7H2,1-2H3,(H,12,14)(H,13,15). The number of piperidine rings is 1. The first-order chi connectivity index (χ1) is 7.08. The molecule has 0 saturated carbocycles. The minimum atomic E-state index is 0.0858. The molecular formula is C11H20N2O2. The van der Waals surface area contributed by atoms with E-state index in [2.05, 4.69) is 24.5 Å². The number of rotatable bonds is 4. The van der Waals surface area contributed by atoms with Gasteiger partial charge >= 0.3 is 0 Å². The zero-order valence-electron chi connectivity index (χ0n) is 9.51. The van der Waals surface area contributed by atoms with Crippen LogP contribution in [0.2, 0.25) is 0 Å². The van der Waals surface area contributed by atoms with Gasteiger partial charge in [-0.15, -0.1) is 0 Å². The topological polar surface area (TPSA) is 58.2 Å². The lowest BCUT2D eigenvalue weighted by atomic mass is 10.1. The summed E-state index contributed by atoms with van der Waals surface area (Å²) in [6.07, 6.45) is 2.79. The zero-order valence-corrected chi connectivity index (χ0v) is 9.51. The van der Waals surface area contributed by atoms with Gasteiger partial charge in [0.25, 0.3) is 0 Å². The van der Waals surface area contributed by atoms with Gasteiger partial charge in [0, 0.05) is 25.4 Å². The highest BCUT2D eigenvalue weighted by Gasteiger charge is 2.19. The summed E-state index contributed by atoms with van der Waals surface area (Å²) in [5, 5.41) is 5.69. The van der Waals surface area contributed by atoms with Gasteiger partial charge in [-0.2, -0.15) is 0 Å². The van der Waals surface area contributed by atoms with E-state index in [1.165, 1.54) is 0 Å². The third-order valence-corrected chi connectivity index (χ3v) is 2.58. The van der Waals surface area contributed by atoms with E-state index < -0.39 is 0 Å². The van der Waals surface area contributed by atoms with E-state index in [4.69, 9.17) is 0 Å². The number of hydrogen-bond donors (Lipinski definition) is 2. The third kappa shape index (κ3) is 4.81. The molecule has 0 aromatic heterocycles. The van der Waals surface area contributed by atoms with Crippen molar-refractivity contribution in [1.82, 2.24) is 10.6 Å². The lowest BCUT2D eigenvalue weighted by Crippen LogP contribution is -2.47. The van der Waals surface area contributed by atoms with Crippen molar-refractivity contribution in [2.24, 2.45) is 5.92 Å². The molecule has 0 spiro atoms. The number of nitrogens with one attached hydrogen (secondary N) is 2. The Morgan fingerprint density at radius 2 is 2.33 bits per heavy atom. The Morgan fingerprint density at radius 3 is 2.87 bits per heavy atom. The van der Waals surface area contributed by atoms with Gasteiger partial charge < -0.3 is 10.6 Å². The molecule has 2 N–H and O–H groups in total. The third-order valence-electron chi connectivity index (χ3n) is 2.58. The van der Waals surface area contributed by atoms with Gasteiger partial charge in [-0.25, -0.2) is 0 Å². The molecule has 1 rings (SSSR count). The highest BCUT2D eigenvalue weighted by molar-refractivity contribution is 5.78. The summed E-state index contributed by atoms with van der Waals surface area (Å²) in [6.45, 7) is 4.79. The van der Waals surface area contributed by atoms with Crippen LogP contribution in [0.25, 0.3) is 0 Å². The number of carbonyl (C=O) groups is 2. The summed E-state index contributed by atoms with van der Waals surface area (Å²) < 4.78 is 0. The first-order valence-electron chi connectivity index (χ1n) is 5.64. The van der Waals surface area contributed by atoms with Crippen LogP contribution in [-0.2, 0) is 9.59 Å². The van der Waals surface area contributed by atoms with E-state index in [1.807, 2.05) is 0 Å². The normalized spacial score (nSPS) is 21.3. The smallest absolute Gasteiger partial charge is 0.220 e. The maximum absolute atomic E-state index is 11.5. The van der Waals surface area contributed by atoms with Crippen molar-refractivity contribution in [3.05, 3.63) is 0 Å². The molecule has 1 unspecified atom stereocenters. The molecular weight excluding hydrogens is 192 g/mol. The second-order valence-corrected chi connectivity index (χ2v) is 4.54. The lowest BCUT2D eigenvalue weighted by Gasteiger charge is -2.23. The molecule has 1 saturated heterocycles. The van der Waals surface area contributed by atoms with E-state index in [1.54, 1.807) is 0 Å². The van der Waals surface area contributed by atoms with Crippen LogP contribution in [0.5, 0.6) is 0 Å². The molecule has 1 fully saturated rings. The Kier molecular flexibility index (Phi) is 4.59. The van der Waals surface area contributed by atoms with Gasteiger partial charge in [0.15, 0.2) is 0 Å².